The van der Waals surface area contributed by atoms with Gasteiger partial charge in [0.15, 0.2) is 0 Å². The first-order valence-electron chi connectivity index (χ1n) is 9.20. The molecular weight excluding hydrogens is 378 g/mol. The molecule has 0 aliphatic carbocycles. The Morgan fingerprint density at radius 2 is 2.07 bits per heavy atom. The van der Waals surface area contributed by atoms with E-state index in [1.807, 2.05) is 25.1 Å². The Balaban J connectivity index is 1.80. The second kappa shape index (κ2) is 9.57. The summed E-state index contributed by atoms with van der Waals surface area (Å²) in [4.78, 5) is 17.2. The van der Waals surface area contributed by atoms with Gasteiger partial charge in [-0.15, -0.1) is 0 Å². The smallest absolute Gasteiger partial charge is 0.257 e. The minimum absolute atomic E-state index is 0.0728. The highest BCUT2D eigenvalue weighted by Gasteiger charge is 2.17. The van der Waals surface area contributed by atoms with E-state index in [4.69, 9.17) is 21.1 Å². The van der Waals surface area contributed by atoms with Gasteiger partial charge in [0, 0.05) is 17.2 Å². The molecule has 0 spiro atoms. The van der Waals surface area contributed by atoms with Crippen molar-refractivity contribution < 1.29 is 14.3 Å². The van der Waals surface area contributed by atoms with Crippen molar-refractivity contribution >= 4 is 29.2 Å². The van der Waals surface area contributed by atoms with Crippen LogP contribution in [-0.2, 0) is 4.74 Å². The SMILES string of the molecule is COc1ccc(C)cc1NC(=NCC1CCCO1)NC(=O)c1ccc(Cl)cc1. The maximum atomic E-state index is 12.6. The minimum atomic E-state index is -0.276. The van der Waals surface area contributed by atoms with E-state index in [0.717, 1.165) is 30.7 Å². The van der Waals surface area contributed by atoms with Crippen LogP contribution in [0.25, 0.3) is 0 Å². The Hall–Kier alpha value is -2.57. The maximum Gasteiger partial charge on any atom is 0.257 e. The fourth-order valence-electron chi connectivity index (χ4n) is 2.92. The topological polar surface area (TPSA) is 71.9 Å². The van der Waals surface area contributed by atoms with Crippen molar-refractivity contribution in [2.75, 3.05) is 25.6 Å². The van der Waals surface area contributed by atoms with Gasteiger partial charge in [-0.25, -0.2) is 4.99 Å². The molecule has 1 amide bonds. The molecule has 1 aliphatic rings. The number of aryl methyl sites for hydroxylation is 1. The highest BCUT2D eigenvalue weighted by molar-refractivity contribution is 6.30. The number of ether oxygens (including phenoxy) is 2. The molecule has 6 nitrogen and oxygen atoms in total. The third-order valence-corrected chi connectivity index (χ3v) is 4.68. The molecule has 1 heterocycles. The van der Waals surface area contributed by atoms with Crippen LogP contribution in [0.15, 0.2) is 47.5 Å². The number of nitrogens with one attached hydrogen (secondary N) is 2. The highest BCUT2D eigenvalue weighted by atomic mass is 35.5. The van der Waals surface area contributed by atoms with Crippen molar-refractivity contribution in [2.24, 2.45) is 4.99 Å². The van der Waals surface area contributed by atoms with Crippen LogP contribution in [0.3, 0.4) is 0 Å². The van der Waals surface area contributed by atoms with Gasteiger partial charge < -0.3 is 14.8 Å². The van der Waals surface area contributed by atoms with Gasteiger partial charge in [0.2, 0.25) is 5.96 Å². The first kappa shape index (κ1) is 20.2. The normalized spacial score (nSPS) is 16.7. The maximum absolute atomic E-state index is 12.6. The van der Waals surface area contributed by atoms with Crippen LogP contribution < -0.4 is 15.4 Å². The Morgan fingerprint density at radius 3 is 2.75 bits per heavy atom. The summed E-state index contributed by atoms with van der Waals surface area (Å²) in [6.45, 7) is 3.21. The Kier molecular flexibility index (Phi) is 6.90. The van der Waals surface area contributed by atoms with E-state index in [9.17, 15) is 4.79 Å². The molecule has 2 aromatic carbocycles. The fourth-order valence-corrected chi connectivity index (χ4v) is 3.05. The number of halogens is 1. The average molecular weight is 402 g/mol. The predicted octanol–water partition coefficient (Wildman–Crippen LogP) is 4.03. The van der Waals surface area contributed by atoms with Gasteiger partial charge in [-0.2, -0.15) is 0 Å². The lowest BCUT2D eigenvalue weighted by Crippen LogP contribution is -2.36. The highest BCUT2D eigenvalue weighted by Crippen LogP contribution is 2.25. The molecule has 1 atom stereocenters. The number of carbonyl (C=O) groups excluding carboxylic acids is 1. The van der Waals surface area contributed by atoms with Gasteiger partial charge in [0.1, 0.15) is 5.75 Å². The molecule has 7 heteroatoms. The summed E-state index contributed by atoms with van der Waals surface area (Å²) in [5.41, 5.74) is 2.28. The van der Waals surface area contributed by atoms with Crippen LogP contribution >= 0.6 is 11.6 Å². The van der Waals surface area contributed by atoms with Crippen LogP contribution in [0.2, 0.25) is 5.02 Å². The Morgan fingerprint density at radius 1 is 1.29 bits per heavy atom. The summed E-state index contributed by atoms with van der Waals surface area (Å²) < 4.78 is 11.0. The van der Waals surface area contributed by atoms with Crippen LogP contribution in [0.1, 0.15) is 28.8 Å². The van der Waals surface area contributed by atoms with Gasteiger partial charge in [-0.05, 0) is 61.7 Å². The number of nitrogens with zero attached hydrogens (tertiary/aromatic N) is 1. The van der Waals surface area contributed by atoms with Gasteiger partial charge in [-0.3, -0.25) is 10.1 Å². The van der Waals surface area contributed by atoms with Gasteiger partial charge >= 0.3 is 0 Å². The molecule has 2 N–H and O–H groups in total. The third-order valence-electron chi connectivity index (χ3n) is 4.42. The second-order valence-electron chi connectivity index (χ2n) is 6.61. The lowest BCUT2D eigenvalue weighted by Gasteiger charge is -2.16. The summed E-state index contributed by atoms with van der Waals surface area (Å²) >= 11 is 5.90. The largest absolute Gasteiger partial charge is 0.495 e. The van der Waals surface area contributed by atoms with Crippen LogP contribution in [-0.4, -0.2) is 38.2 Å². The molecule has 0 aromatic heterocycles. The molecule has 0 bridgehead atoms. The average Bonchev–Trinajstić information content (AvgIpc) is 3.20. The number of hydrogen-bond donors (Lipinski definition) is 2. The number of benzene rings is 2. The standard InChI is InChI=1S/C21H24ClN3O3/c1-14-5-10-19(27-2)18(12-14)24-21(23-13-17-4-3-11-28-17)25-20(26)15-6-8-16(22)9-7-15/h5-10,12,17H,3-4,11,13H2,1-2H3,(H2,23,24,25,26). The zero-order valence-electron chi connectivity index (χ0n) is 16.0. The van der Waals surface area contributed by atoms with E-state index in [0.29, 0.717) is 28.8 Å². The fraction of sp³-hybridized carbons (Fsp3) is 0.333. The number of anilines is 1. The Labute approximate surface area is 169 Å². The number of guanidine groups is 1. The number of hydrogen-bond acceptors (Lipinski definition) is 4. The molecule has 1 unspecified atom stereocenters. The quantitative estimate of drug-likeness (QED) is 0.586. The summed E-state index contributed by atoms with van der Waals surface area (Å²) in [6, 6.07) is 12.5. The van der Waals surface area contributed by atoms with Gasteiger partial charge in [-0.1, -0.05) is 17.7 Å². The van der Waals surface area contributed by atoms with E-state index >= 15 is 0 Å². The van der Waals surface area contributed by atoms with Crippen molar-refractivity contribution in [1.82, 2.24) is 5.32 Å². The monoisotopic (exact) mass is 401 g/mol. The number of carbonyl (C=O) groups is 1. The molecule has 148 valence electrons. The summed E-state index contributed by atoms with van der Waals surface area (Å²) in [5.74, 6) is 0.734. The van der Waals surface area contributed by atoms with Crippen molar-refractivity contribution in [3.05, 3.63) is 58.6 Å². The first-order chi connectivity index (χ1) is 13.5. The van der Waals surface area contributed by atoms with Crippen LogP contribution in [0, 0.1) is 6.92 Å². The molecule has 0 radical (unpaired) electrons. The number of methoxy groups -OCH3 is 1. The third kappa shape index (κ3) is 5.47. The zero-order chi connectivity index (χ0) is 19.9. The number of amides is 1. The first-order valence-corrected chi connectivity index (χ1v) is 9.57. The van der Waals surface area contributed by atoms with Crippen molar-refractivity contribution in [1.29, 1.82) is 0 Å². The summed E-state index contributed by atoms with van der Waals surface area (Å²) in [6.07, 6.45) is 2.07. The summed E-state index contributed by atoms with van der Waals surface area (Å²) in [7, 11) is 1.60. The Bertz CT molecular complexity index is 846. The predicted molar refractivity (Wildman–Crippen MR) is 112 cm³/mol. The van der Waals surface area contributed by atoms with E-state index < -0.39 is 0 Å². The van der Waals surface area contributed by atoms with Crippen LogP contribution in [0.4, 0.5) is 5.69 Å². The molecule has 2 aromatic rings. The van der Waals surface area contributed by atoms with E-state index in [1.165, 1.54) is 0 Å². The molecule has 0 saturated carbocycles. The van der Waals surface area contributed by atoms with Gasteiger partial charge in [0.25, 0.3) is 5.91 Å². The minimum Gasteiger partial charge on any atom is -0.495 e. The van der Waals surface area contributed by atoms with E-state index in [-0.39, 0.29) is 12.0 Å². The molecule has 1 saturated heterocycles. The second-order valence-corrected chi connectivity index (χ2v) is 7.05. The molecular formula is C21H24ClN3O3. The lowest BCUT2D eigenvalue weighted by atomic mass is 10.2. The molecule has 1 fully saturated rings. The van der Waals surface area contributed by atoms with E-state index in [2.05, 4.69) is 15.6 Å². The van der Waals surface area contributed by atoms with Gasteiger partial charge in [0.05, 0.1) is 25.4 Å². The lowest BCUT2D eigenvalue weighted by molar-refractivity contribution is 0.0975. The van der Waals surface area contributed by atoms with Crippen LogP contribution in [0.5, 0.6) is 5.75 Å². The van der Waals surface area contributed by atoms with Crippen molar-refractivity contribution in [2.45, 2.75) is 25.9 Å². The summed E-state index contributed by atoms with van der Waals surface area (Å²) in [5, 5.41) is 6.60. The number of aliphatic imine (C=N–C) groups is 1. The molecule has 1 aliphatic heterocycles. The molecule has 28 heavy (non-hydrogen) atoms. The van der Waals surface area contributed by atoms with Crippen molar-refractivity contribution in [3.63, 3.8) is 0 Å². The molecule has 3 rings (SSSR count). The van der Waals surface area contributed by atoms with Crippen molar-refractivity contribution in [3.8, 4) is 5.75 Å². The van der Waals surface area contributed by atoms with E-state index in [1.54, 1.807) is 31.4 Å². The number of rotatable bonds is 5. The zero-order valence-corrected chi connectivity index (χ0v) is 16.8.